The summed E-state index contributed by atoms with van der Waals surface area (Å²) < 4.78 is 27.8. The third-order valence-electron chi connectivity index (χ3n) is 5.92. The molecule has 1 aliphatic rings. The van der Waals surface area contributed by atoms with Crippen LogP contribution in [-0.4, -0.2) is 44.3 Å². The van der Waals surface area contributed by atoms with E-state index in [1.165, 1.54) is 56.5 Å². The fraction of sp³-hybridized carbons (Fsp3) is 0.440. The highest BCUT2D eigenvalue weighted by atomic mass is 32.2. The zero-order chi connectivity index (χ0) is 24.7. The van der Waals surface area contributed by atoms with Crippen molar-refractivity contribution in [1.29, 1.82) is 0 Å². The quantitative estimate of drug-likeness (QED) is 0.505. The molecule has 8 nitrogen and oxygen atoms in total. The molecule has 0 aromatic heterocycles. The number of sulfonamides is 1. The van der Waals surface area contributed by atoms with Crippen molar-refractivity contribution in [2.75, 3.05) is 18.4 Å². The molecule has 2 atom stereocenters. The van der Waals surface area contributed by atoms with E-state index in [2.05, 4.69) is 33.2 Å². The van der Waals surface area contributed by atoms with Crippen LogP contribution in [0.4, 0.5) is 5.69 Å². The molecule has 2 aromatic carbocycles. The van der Waals surface area contributed by atoms with Gasteiger partial charge in [-0.15, -0.1) is 0 Å². The molecular formula is C25H34N4O4S. The molecule has 1 aliphatic heterocycles. The summed E-state index contributed by atoms with van der Waals surface area (Å²) in [5.41, 5.74) is 2.69. The SMILES string of the molecule is CC(=O)Nc1ccc(S(=O)(=O)N[C@@H](C)C(=O)NCc2ccccc2CN2CCCC(C)C2)cc1. The Hall–Kier alpha value is -2.75. The van der Waals surface area contributed by atoms with E-state index < -0.39 is 22.0 Å². The molecule has 0 saturated carbocycles. The highest BCUT2D eigenvalue weighted by molar-refractivity contribution is 7.89. The van der Waals surface area contributed by atoms with Crippen LogP contribution in [0.5, 0.6) is 0 Å². The lowest BCUT2D eigenvalue weighted by Crippen LogP contribution is -2.44. The van der Waals surface area contributed by atoms with Gasteiger partial charge < -0.3 is 10.6 Å². The van der Waals surface area contributed by atoms with Gasteiger partial charge in [-0.1, -0.05) is 31.2 Å². The number of carbonyl (C=O) groups excluding carboxylic acids is 2. The maximum Gasteiger partial charge on any atom is 0.241 e. The van der Waals surface area contributed by atoms with E-state index in [9.17, 15) is 18.0 Å². The summed E-state index contributed by atoms with van der Waals surface area (Å²) in [5.74, 6) is 0.0435. The zero-order valence-corrected chi connectivity index (χ0v) is 20.8. The van der Waals surface area contributed by atoms with Crippen LogP contribution >= 0.6 is 0 Å². The van der Waals surface area contributed by atoms with Crippen molar-refractivity contribution in [3.05, 3.63) is 59.7 Å². The number of hydrogen-bond donors (Lipinski definition) is 3. The number of anilines is 1. The lowest BCUT2D eigenvalue weighted by atomic mass is 9.99. The third-order valence-corrected chi connectivity index (χ3v) is 7.47. The Labute approximate surface area is 202 Å². The van der Waals surface area contributed by atoms with Crippen LogP contribution in [0.1, 0.15) is 44.7 Å². The lowest BCUT2D eigenvalue weighted by molar-refractivity contribution is -0.122. The maximum atomic E-state index is 12.7. The Morgan fingerprint density at radius 1 is 1.09 bits per heavy atom. The third kappa shape index (κ3) is 7.38. The number of hydrogen-bond acceptors (Lipinski definition) is 5. The predicted molar refractivity (Wildman–Crippen MR) is 132 cm³/mol. The summed E-state index contributed by atoms with van der Waals surface area (Å²) >= 11 is 0. The average molecular weight is 487 g/mol. The molecule has 0 radical (unpaired) electrons. The van der Waals surface area contributed by atoms with Crippen molar-refractivity contribution in [2.45, 2.75) is 57.6 Å². The summed E-state index contributed by atoms with van der Waals surface area (Å²) in [6, 6.07) is 12.8. The maximum absolute atomic E-state index is 12.7. The Bertz CT molecular complexity index is 1100. The molecule has 2 aromatic rings. The average Bonchev–Trinajstić information content (AvgIpc) is 2.78. The topological polar surface area (TPSA) is 108 Å². The van der Waals surface area contributed by atoms with Crippen molar-refractivity contribution in [3.8, 4) is 0 Å². The van der Waals surface area contributed by atoms with Crippen molar-refractivity contribution in [3.63, 3.8) is 0 Å². The molecule has 0 spiro atoms. The van der Waals surface area contributed by atoms with E-state index in [0.29, 0.717) is 18.2 Å². The second-order valence-electron chi connectivity index (χ2n) is 9.02. The summed E-state index contributed by atoms with van der Waals surface area (Å²) in [6.07, 6.45) is 2.47. The van der Waals surface area contributed by atoms with E-state index in [1.807, 2.05) is 18.2 Å². The van der Waals surface area contributed by atoms with Crippen LogP contribution in [0.2, 0.25) is 0 Å². The molecule has 184 valence electrons. The van der Waals surface area contributed by atoms with E-state index in [4.69, 9.17) is 0 Å². The standard InChI is InChI=1S/C25H34N4O4S/c1-18-7-6-14-29(16-18)17-22-9-5-4-8-21(22)15-26-25(31)19(2)28-34(32,33)24-12-10-23(11-13-24)27-20(3)30/h4-5,8-13,18-19,28H,6-7,14-17H2,1-3H3,(H,26,31)(H,27,30)/t18?,19-/m0/s1. The van der Waals surface area contributed by atoms with Gasteiger partial charge in [-0.3, -0.25) is 14.5 Å². The van der Waals surface area contributed by atoms with Gasteiger partial charge in [-0.05, 0) is 67.6 Å². The van der Waals surface area contributed by atoms with Gasteiger partial charge in [0, 0.05) is 32.2 Å². The first-order valence-electron chi connectivity index (χ1n) is 11.6. The molecule has 2 amide bonds. The molecule has 0 aliphatic carbocycles. The number of amides is 2. The number of rotatable bonds is 9. The van der Waals surface area contributed by atoms with E-state index in [0.717, 1.165) is 25.2 Å². The zero-order valence-electron chi connectivity index (χ0n) is 20.0. The minimum absolute atomic E-state index is 0.0161. The number of likely N-dealkylation sites (tertiary alicyclic amines) is 1. The van der Waals surface area contributed by atoms with Crippen molar-refractivity contribution in [1.82, 2.24) is 14.9 Å². The van der Waals surface area contributed by atoms with Gasteiger partial charge in [0.25, 0.3) is 0 Å². The van der Waals surface area contributed by atoms with Crippen LogP contribution < -0.4 is 15.4 Å². The Balaban J connectivity index is 1.57. The first-order chi connectivity index (χ1) is 16.1. The largest absolute Gasteiger partial charge is 0.351 e. The normalized spacial score (nSPS) is 17.7. The Kier molecular flexibility index (Phi) is 8.82. The molecule has 1 saturated heterocycles. The number of benzene rings is 2. The Morgan fingerprint density at radius 3 is 2.41 bits per heavy atom. The van der Waals surface area contributed by atoms with Gasteiger partial charge in [0.05, 0.1) is 10.9 Å². The van der Waals surface area contributed by atoms with Crippen molar-refractivity contribution >= 4 is 27.5 Å². The summed E-state index contributed by atoms with van der Waals surface area (Å²) in [7, 11) is -3.90. The molecular weight excluding hydrogens is 452 g/mol. The predicted octanol–water partition coefficient (Wildman–Crippen LogP) is 2.86. The van der Waals surface area contributed by atoms with Crippen LogP contribution in [0.15, 0.2) is 53.4 Å². The summed E-state index contributed by atoms with van der Waals surface area (Å²) in [4.78, 5) is 26.2. The minimum Gasteiger partial charge on any atom is -0.351 e. The summed E-state index contributed by atoms with van der Waals surface area (Å²) in [5, 5.41) is 5.44. The smallest absolute Gasteiger partial charge is 0.241 e. The monoisotopic (exact) mass is 486 g/mol. The molecule has 1 fully saturated rings. The van der Waals surface area contributed by atoms with E-state index in [-0.39, 0.29) is 10.8 Å². The molecule has 3 rings (SSSR count). The first kappa shape index (κ1) is 25.9. The van der Waals surface area contributed by atoms with Crippen LogP contribution in [0, 0.1) is 5.92 Å². The van der Waals surface area contributed by atoms with E-state index >= 15 is 0 Å². The van der Waals surface area contributed by atoms with Gasteiger partial charge in [-0.25, -0.2) is 8.42 Å². The minimum atomic E-state index is -3.90. The van der Waals surface area contributed by atoms with Crippen LogP contribution in [-0.2, 0) is 32.7 Å². The van der Waals surface area contributed by atoms with Gasteiger partial charge in [0.2, 0.25) is 21.8 Å². The molecule has 1 heterocycles. The highest BCUT2D eigenvalue weighted by Crippen LogP contribution is 2.20. The highest BCUT2D eigenvalue weighted by Gasteiger charge is 2.22. The molecule has 9 heteroatoms. The van der Waals surface area contributed by atoms with Crippen LogP contribution in [0.3, 0.4) is 0 Å². The van der Waals surface area contributed by atoms with Crippen molar-refractivity contribution in [2.24, 2.45) is 5.92 Å². The Morgan fingerprint density at radius 2 is 1.76 bits per heavy atom. The van der Waals surface area contributed by atoms with Gasteiger partial charge in [-0.2, -0.15) is 4.72 Å². The summed E-state index contributed by atoms with van der Waals surface area (Å²) in [6.45, 7) is 8.49. The number of nitrogens with one attached hydrogen (secondary N) is 3. The van der Waals surface area contributed by atoms with Gasteiger partial charge in [0.15, 0.2) is 0 Å². The molecule has 3 N–H and O–H groups in total. The molecule has 1 unspecified atom stereocenters. The fourth-order valence-electron chi connectivity index (χ4n) is 4.17. The first-order valence-corrected chi connectivity index (χ1v) is 13.1. The number of piperidine rings is 1. The van der Waals surface area contributed by atoms with Crippen LogP contribution in [0.25, 0.3) is 0 Å². The van der Waals surface area contributed by atoms with Gasteiger partial charge in [0.1, 0.15) is 0 Å². The van der Waals surface area contributed by atoms with Gasteiger partial charge >= 0.3 is 0 Å². The molecule has 34 heavy (non-hydrogen) atoms. The second-order valence-corrected chi connectivity index (χ2v) is 10.7. The molecule has 0 bridgehead atoms. The van der Waals surface area contributed by atoms with Crippen molar-refractivity contribution < 1.29 is 18.0 Å². The number of carbonyl (C=O) groups is 2. The van der Waals surface area contributed by atoms with E-state index in [1.54, 1.807) is 0 Å². The lowest BCUT2D eigenvalue weighted by Gasteiger charge is -2.31. The second kappa shape index (κ2) is 11.6. The number of nitrogens with zero attached hydrogens (tertiary/aromatic N) is 1. The fourth-order valence-corrected chi connectivity index (χ4v) is 5.37.